The smallest absolute Gasteiger partial charge is 0.253 e. The maximum absolute atomic E-state index is 12.3. The number of H-pyrrole nitrogens is 1. The molecule has 4 N–H and O–H groups in total. The van der Waals surface area contributed by atoms with E-state index in [0.717, 1.165) is 23.0 Å². The number of carbonyl (C=O) groups excluding carboxylic acids is 1. The van der Waals surface area contributed by atoms with Gasteiger partial charge in [-0.1, -0.05) is 42.1 Å². The summed E-state index contributed by atoms with van der Waals surface area (Å²) in [6.07, 6.45) is 0. The molecule has 9 heteroatoms. The van der Waals surface area contributed by atoms with Gasteiger partial charge < -0.3 is 16.0 Å². The van der Waals surface area contributed by atoms with Crippen LogP contribution in [0.2, 0.25) is 0 Å². The third-order valence-corrected chi connectivity index (χ3v) is 4.94. The largest absolute Gasteiger partial charge is 0.383 e. The van der Waals surface area contributed by atoms with E-state index >= 15 is 0 Å². The van der Waals surface area contributed by atoms with E-state index in [1.165, 1.54) is 17.4 Å². The minimum atomic E-state index is -0.478. The minimum Gasteiger partial charge on any atom is -0.383 e. The summed E-state index contributed by atoms with van der Waals surface area (Å²) in [7, 11) is 0. The molecule has 1 aromatic carbocycles. The molecule has 2 heterocycles. The van der Waals surface area contributed by atoms with Crippen LogP contribution in [0.4, 0.5) is 10.9 Å². The molecule has 0 saturated carbocycles. The molecule has 0 aliphatic carbocycles. The topological polar surface area (TPSA) is 114 Å². The van der Waals surface area contributed by atoms with Crippen LogP contribution in [0.3, 0.4) is 0 Å². The summed E-state index contributed by atoms with van der Waals surface area (Å²) in [6, 6.07) is 10.9. The van der Waals surface area contributed by atoms with Crippen LogP contribution in [0, 0.1) is 0 Å². The molecule has 0 spiro atoms. The average molecular weight is 373 g/mol. The summed E-state index contributed by atoms with van der Waals surface area (Å²) in [4.78, 5) is 34.7. The molecular formula is C16H15N5O2S2. The first-order chi connectivity index (χ1) is 12.0. The molecule has 1 amide bonds. The first-order valence-corrected chi connectivity index (χ1v) is 9.12. The van der Waals surface area contributed by atoms with Gasteiger partial charge in [-0.2, -0.15) is 0 Å². The van der Waals surface area contributed by atoms with Gasteiger partial charge in [0.15, 0.2) is 10.3 Å². The number of benzene rings is 1. The Morgan fingerprint density at radius 2 is 2.08 bits per heavy atom. The van der Waals surface area contributed by atoms with Gasteiger partial charge in [0, 0.05) is 17.0 Å². The molecule has 1 atom stereocenters. The summed E-state index contributed by atoms with van der Waals surface area (Å²) in [5.74, 6) is -0.115. The molecule has 0 saturated heterocycles. The molecule has 128 valence electrons. The predicted molar refractivity (Wildman–Crippen MR) is 101 cm³/mol. The summed E-state index contributed by atoms with van der Waals surface area (Å²) in [6.45, 7) is 1.72. The van der Waals surface area contributed by atoms with E-state index in [1.54, 1.807) is 6.92 Å². The number of hydrogen-bond donors (Lipinski definition) is 3. The normalized spacial score (nSPS) is 11.9. The van der Waals surface area contributed by atoms with Crippen molar-refractivity contribution in [3.8, 4) is 11.3 Å². The number of rotatable bonds is 5. The zero-order chi connectivity index (χ0) is 17.8. The molecule has 0 aliphatic heterocycles. The molecule has 0 fully saturated rings. The minimum absolute atomic E-state index is 0.117. The lowest BCUT2D eigenvalue weighted by Crippen LogP contribution is -2.23. The zero-order valence-corrected chi connectivity index (χ0v) is 14.9. The van der Waals surface area contributed by atoms with Gasteiger partial charge in [0.2, 0.25) is 5.91 Å². The van der Waals surface area contributed by atoms with Crippen molar-refractivity contribution < 1.29 is 4.79 Å². The van der Waals surface area contributed by atoms with Gasteiger partial charge in [0.25, 0.3) is 5.56 Å². The Labute approximate surface area is 151 Å². The van der Waals surface area contributed by atoms with E-state index in [4.69, 9.17) is 5.73 Å². The highest BCUT2D eigenvalue weighted by atomic mass is 32.2. The van der Waals surface area contributed by atoms with Gasteiger partial charge in [0.05, 0.1) is 10.9 Å². The number of amides is 1. The number of aromatic nitrogens is 3. The second kappa shape index (κ2) is 7.49. The molecule has 0 bridgehead atoms. The molecule has 25 heavy (non-hydrogen) atoms. The molecule has 0 unspecified atom stereocenters. The monoisotopic (exact) mass is 373 g/mol. The van der Waals surface area contributed by atoms with Crippen LogP contribution in [-0.2, 0) is 4.79 Å². The van der Waals surface area contributed by atoms with Crippen molar-refractivity contribution in [3.63, 3.8) is 0 Å². The van der Waals surface area contributed by atoms with E-state index < -0.39 is 5.25 Å². The number of nitrogens with two attached hydrogens (primary N) is 1. The fourth-order valence-corrected chi connectivity index (χ4v) is 3.55. The lowest BCUT2D eigenvalue weighted by molar-refractivity contribution is -0.115. The molecular weight excluding hydrogens is 358 g/mol. The standard InChI is InChI=1S/C16H15N5O2S2/c1-9(25-16-19-12(17)7-13(22)20-16)14(23)21-15-18-11(8-24-15)10-5-3-2-4-6-10/h2-9H,1H3,(H,18,21,23)(H3,17,19,20,22)/t9-/m0/s1. The second-order valence-corrected chi connectivity index (χ2v) is 7.32. The molecule has 2 aromatic heterocycles. The van der Waals surface area contributed by atoms with Gasteiger partial charge in [-0.15, -0.1) is 11.3 Å². The van der Waals surface area contributed by atoms with Gasteiger partial charge >= 0.3 is 0 Å². The van der Waals surface area contributed by atoms with Crippen LogP contribution < -0.4 is 16.6 Å². The second-order valence-electron chi connectivity index (χ2n) is 5.13. The third kappa shape index (κ3) is 4.46. The van der Waals surface area contributed by atoms with Gasteiger partial charge in [0.1, 0.15) is 5.82 Å². The van der Waals surface area contributed by atoms with E-state index in [1.807, 2.05) is 35.7 Å². The van der Waals surface area contributed by atoms with Gasteiger partial charge in [-0.3, -0.25) is 9.59 Å². The van der Waals surface area contributed by atoms with Crippen molar-refractivity contribution in [1.29, 1.82) is 0 Å². The number of nitrogens with one attached hydrogen (secondary N) is 2. The summed E-state index contributed by atoms with van der Waals surface area (Å²) < 4.78 is 0. The Hall–Kier alpha value is -2.65. The quantitative estimate of drug-likeness (QED) is 0.468. The Kier molecular flexibility index (Phi) is 5.15. The van der Waals surface area contributed by atoms with Crippen molar-refractivity contribution in [2.24, 2.45) is 0 Å². The highest BCUT2D eigenvalue weighted by molar-refractivity contribution is 8.00. The number of thiazole rings is 1. The first-order valence-electron chi connectivity index (χ1n) is 7.36. The number of nitrogens with zero attached hydrogens (tertiary/aromatic N) is 2. The summed E-state index contributed by atoms with van der Waals surface area (Å²) >= 11 is 2.48. The Morgan fingerprint density at radius 1 is 1.32 bits per heavy atom. The summed E-state index contributed by atoms with van der Waals surface area (Å²) in [5, 5.41) is 5.01. The molecule has 7 nitrogen and oxygen atoms in total. The van der Waals surface area contributed by atoms with E-state index in [9.17, 15) is 9.59 Å². The third-order valence-electron chi connectivity index (χ3n) is 3.20. The van der Waals surface area contributed by atoms with Crippen LogP contribution in [0.25, 0.3) is 11.3 Å². The highest BCUT2D eigenvalue weighted by Gasteiger charge is 2.17. The fourth-order valence-electron chi connectivity index (χ4n) is 2.01. The maximum Gasteiger partial charge on any atom is 0.253 e. The van der Waals surface area contributed by atoms with E-state index in [-0.39, 0.29) is 17.3 Å². The maximum atomic E-state index is 12.3. The first kappa shape index (κ1) is 17.2. The van der Waals surface area contributed by atoms with Crippen molar-refractivity contribution in [3.05, 3.63) is 52.1 Å². The Morgan fingerprint density at radius 3 is 2.80 bits per heavy atom. The molecule has 0 radical (unpaired) electrons. The van der Waals surface area contributed by atoms with Crippen molar-refractivity contribution in [1.82, 2.24) is 15.0 Å². The molecule has 3 rings (SSSR count). The fraction of sp³-hybridized carbons (Fsp3) is 0.125. The number of anilines is 2. The van der Waals surface area contributed by atoms with Crippen LogP contribution in [-0.4, -0.2) is 26.1 Å². The van der Waals surface area contributed by atoms with Crippen molar-refractivity contribution in [2.75, 3.05) is 11.1 Å². The number of carbonyl (C=O) groups is 1. The van der Waals surface area contributed by atoms with Crippen molar-refractivity contribution >= 4 is 40.0 Å². The molecule has 3 aromatic rings. The molecule has 0 aliphatic rings. The summed E-state index contributed by atoms with van der Waals surface area (Å²) in [5.41, 5.74) is 6.99. The van der Waals surface area contributed by atoms with Crippen LogP contribution >= 0.6 is 23.1 Å². The average Bonchev–Trinajstić information content (AvgIpc) is 3.03. The lowest BCUT2D eigenvalue weighted by atomic mass is 10.2. The SMILES string of the molecule is C[C@H](Sc1nc(N)cc(=O)[nH]1)C(=O)Nc1nc(-c2ccccc2)cs1. The van der Waals surface area contributed by atoms with Crippen LogP contribution in [0.15, 0.2) is 51.7 Å². The van der Waals surface area contributed by atoms with E-state index in [0.29, 0.717) is 10.3 Å². The Balaban J connectivity index is 1.65. The Bertz CT molecular complexity index is 939. The van der Waals surface area contributed by atoms with Gasteiger partial charge in [-0.05, 0) is 6.92 Å². The van der Waals surface area contributed by atoms with Crippen molar-refractivity contribution in [2.45, 2.75) is 17.3 Å². The number of hydrogen-bond acceptors (Lipinski definition) is 7. The zero-order valence-electron chi connectivity index (χ0n) is 13.2. The predicted octanol–water partition coefficient (Wildman–Crippen LogP) is 2.59. The number of aromatic amines is 1. The lowest BCUT2D eigenvalue weighted by Gasteiger charge is -2.09. The highest BCUT2D eigenvalue weighted by Crippen LogP contribution is 2.26. The number of nitrogen functional groups attached to an aromatic ring is 1. The van der Waals surface area contributed by atoms with Crippen LogP contribution in [0.1, 0.15) is 6.92 Å². The number of thioether (sulfide) groups is 1. The van der Waals surface area contributed by atoms with Crippen LogP contribution in [0.5, 0.6) is 0 Å². The van der Waals surface area contributed by atoms with Gasteiger partial charge in [-0.25, -0.2) is 9.97 Å². The van der Waals surface area contributed by atoms with E-state index in [2.05, 4.69) is 20.3 Å².